The lowest BCUT2D eigenvalue weighted by Gasteiger charge is -2.15. The van der Waals surface area contributed by atoms with Crippen molar-refractivity contribution in [3.05, 3.63) is 23.2 Å². The van der Waals surface area contributed by atoms with Gasteiger partial charge in [-0.05, 0) is 49.9 Å². The summed E-state index contributed by atoms with van der Waals surface area (Å²) in [7, 11) is 0. The minimum absolute atomic E-state index is 0.178. The Bertz CT molecular complexity index is 759. The van der Waals surface area contributed by atoms with Crippen molar-refractivity contribution in [1.82, 2.24) is 25.2 Å². The number of aromatic nitrogens is 5. The third-order valence-electron chi connectivity index (χ3n) is 2.52. The number of rotatable bonds is 2. The Balaban J connectivity index is 1.90. The average molecular weight is 326 g/mol. The molecule has 0 saturated carbocycles. The second kappa shape index (κ2) is 4.98. The summed E-state index contributed by atoms with van der Waals surface area (Å²) >= 11 is 9.10. The smallest absolute Gasteiger partial charge is 0.228 e. The highest BCUT2D eigenvalue weighted by molar-refractivity contribution is 8.01. The minimum Gasteiger partial charge on any atom is -0.228 e. The maximum Gasteiger partial charge on any atom is 0.238 e. The highest BCUT2D eigenvalue weighted by Gasteiger charge is 2.18. The van der Waals surface area contributed by atoms with E-state index in [9.17, 15) is 0 Å². The van der Waals surface area contributed by atoms with Crippen LogP contribution in [0.1, 0.15) is 20.8 Å². The fourth-order valence-electron chi connectivity index (χ4n) is 1.54. The van der Waals surface area contributed by atoms with Gasteiger partial charge in [-0.15, -0.1) is 21.5 Å². The molecule has 0 aliphatic carbocycles. The highest BCUT2D eigenvalue weighted by Crippen LogP contribution is 2.35. The third kappa shape index (κ3) is 2.65. The molecule has 0 saturated heterocycles. The molecule has 2 heterocycles. The quantitative estimate of drug-likeness (QED) is 0.716. The maximum atomic E-state index is 6.12. The largest absolute Gasteiger partial charge is 0.238 e. The molecule has 0 atom stereocenters. The fourth-order valence-corrected chi connectivity index (χ4v) is 3.69. The molecule has 0 radical (unpaired) electrons. The number of hydrogen-bond acceptors (Lipinski definition) is 6. The summed E-state index contributed by atoms with van der Waals surface area (Å²) in [6.45, 7) is 6.09. The van der Waals surface area contributed by atoms with E-state index in [-0.39, 0.29) is 5.54 Å². The number of halogens is 1. The van der Waals surface area contributed by atoms with Gasteiger partial charge in [0.25, 0.3) is 0 Å². The van der Waals surface area contributed by atoms with Crippen LogP contribution in [-0.2, 0) is 5.54 Å². The Morgan fingerprint density at radius 1 is 1.30 bits per heavy atom. The molecule has 0 aliphatic rings. The van der Waals surface area contributed by atoms with Crippen LogP contribution in [-0.4, -0.2) is 25.2 Å². The molecule has 0 N–H and O–H groups in total. The first-order valence-corrected chi connectivity index (χ1v) is 7.98. The van der Waals surface area contributed by atoms with Gasteiger partial charge in [0.15, 0.2) is 4.34 Å². The van der Waals surface area contributed by atoms with Crippen LogP contribution in [0, 0.1) is 0 Å². The number of thiazole rings is 1. The summed E-state index contributed by atoms with van der Waals surface area (Å²) in [4.78, 5) is 6.12. The molecule has 0 spiro atoms. The van der Waals surface area contributed by atoms with E-state index >= 15 is 0 Å². The van der Waals surface area contributed by atoms with Gasteiger partial charge in [-0.3, -0.25) is 0 Å². The molecule has 3 rings (SSSR count). The zero-order valence-electron chi connectivity index (χ0n) is 11.2. The monoisotopic (exact) mass is 325 g/mol. The van der Waals surface area contributed by atoms with Crippen LogP contribution in [0.4, 0.5) is 0 Å². The Hall–Kier alpha value is -1.18. The average Bonchev–Trinajstić information content (AvgIpc) is 2.96. The molecule has 0 fully saturated rings. The van der Waals surface area contributed by atoms with Crippen molar-refractivity contribution in [3.63, 3.8) is 0 Å². The number of nitrogens with zero attached hydrogens (tertiary/aromatic N) is 5. The minimum atomic E-state index is -0.178. The van der Waals surface area contributed by atoms with Crippen molar-refractivity contribution in [3.8, 4) is 0 Å². The zero-order valence-corrected chi connectivity index (χ0v) is 13.6. The van der Waals surface area contributed by atoms with Crippen molar-refractivity contribution < 1.29 is 0 Å². The Kier molecular flexibility index (Phi) is 3.43. The van der Waals surface area contributed by atoms with Crippen molar-refractivity contribution in [1.29, 1.82) is 0 Å². The molecular formula is C12H12ClN5S2. The number of fused-ring (bicyclic) bond motifs is 1. The first-order chi connectivity index (χ1) is 9.43. The van der Waals surface area contributed by atoms with E-state index in [1.54, 1.807) is 16.1 Å². The van der Waals surface area contributed by atoms with Gasteiger partial charge >= 0.3 is 0 Å². The van der Waals surface area contributed by atoms with Crippen molar-refractivity contribution in [2.24, 2.45) is 0 Å². The molecule has 3 aromatic rings. The molecule has 8 heteroatoms. The lowest BCUT2D eigenvalue weighted by Crippen LogP contribution is -2.24. The van der Waals surface area contributed by atoms with Gasteiger partial charge in [0.2, 0.25) is 5.16 Å². The zero-order chi connectivity index (χ0) is 14.3. The van der Waals surface area contributed by atoms with E-state index in [4.69, 9.17) is 11.6 Å². The SMILES string of the molecule is CC(C)(C)n1nnc(Sc2nc3c(Cl)cccc3s2)n1. The van der Waals surface area contributed by atoms with E-state index in [1.165, 1.54) is 11.8 Å². The van der Waals surface area contributed by atoms with Crippen LogP contribution in [0.2, 0.25) is 5.02 Å². The Morgan fingerprint density at radius 3 is 2.75 bits per heavy atom. The first kappa shape index (κ1) is 13.8. The summed E-state index contributed by atoms with van der Waals surface area (Å²) in [6.07, 6.45) is 0. The molecule has 2 aromatic heterocycles. The van der Waals surface area contributed by atoms with Crippen molar-refractivity contribution in [2.45, 2.75) is 35.8 Å². The second-order valence-electron chi connectivity index (χ2n) is 5.20. The summed E-state index contributed by atoms with van der Waals surface area (Å²) in [5.74, 6) is 0. The van der Waals surface area contributed by atoms with Gasteiger partial charge in [-0.1, -0.05) is 17.7 Å². The summed E-state index contributed by atoms with van der Waals surface area (Å²) in [6, 6.07) is 5.76. The second-order valence-corrected chi connectivity index (χ2v) is 7.85. The maximum absolute atomic E-state index is 6.12. The molecule has 20 heavy (non-hydrogen) atoms. The van der Waals surface area contributed by atoms with E-state index in [0.717, 1.165) is 14.6 Å². The van der Waals surface area contributed by atoms with Crippen LogP contribution in [0.15, 0.2) is 27.7 Å². The first-order valence-electron chi connectivity index (χ1n) is 5.97. The van der Waals surface area contributed by atoms with Gasteiger partial charge in [0.05, 0.1) is 15.3 Å². The highest BCUT2D eigenvalue weighted by atomic mass is 35.5. The Morgan fingerprint density at radius 2 is 2.10 bits per heavy atom. The van der Waals surface area contributed by atoms with E-state index in [1.807, 2.05) is 39.0 Å². The molecule has 0 aliphatic heterocycles. The van der Waals surface area contributed by atoms with Gasteiger partial charge in [0.1, 0.15) is 5.52 Å². The topological polar surface area (TPSA) is 56.5 Å². The molecule has 104 valence electrons. The van der Waals surface area contributed by atoms with Crippen LogP contribution in [0.25, 0.3) is 10.2 Å². The van der Waals surface area contributed by atoms with E-state index in [2.05, 4.69) is 20.4 Å². The van der Waals surface area contributed by atoms with Gasteiger partial charge in [0, 0.05) is 0 Å². The summed E-state index contributed by atoms with van der Waals surface area (Å²) < 4.78 is 1.92. The van der Waals surface area contributed by atoms with Gasteiger partial charge < -0.3 is 0 Å². The molecule has 0 unspecified atom stereocenters. The standard InChI is InChI=1S/C12H12ClN5S2/c1-12(2,3)18-16-10(15-17-18)20-11-14-9-7(13)5-4-6-8(9)19-11/h4-6H,1-3H3. The Labute approximate surface area is 129 Å². The predicted molar refractivity (Wildman–Crippen MR) is 81.6 cm³/mol. The van der Waals surface area contributed by atoms with E-state index in [0.29, 0.717) is 10.2 Å². The molecule has 5 nitrogen and oxygen atoms in total. The summed E-state index contributed by atoms with van der Waals surface area (Å²) in [5.41, 5.74) is 0.646. The number of benzene rings is 1. The van der Waals surface area contributed by atoms with Gasteiger partial charge in [-0.2, -0.15) is 4.80 Å². The third-order valence-corrected chi connectivity index (χ3v) is 4.76. The fraction of sp³-hybridized carbons (Fsp3) is 0.333. The molecular weight excluding hydrogens is 314 g/mol. The lowest BCUT2D eigenvalue weighted by atomic mass is 10.1. The van der Waals surface area contributed by atoms with E-state index < -0.39 is 0 Å². The molecule has 0 bridgehead atoms. The number of para-hydroxylation sites is 1. The molecule has 0 amide bonds. The van der Waals surface area contributed by atoms with Crippen molar-refractivity contribution in [2.75, 3.05) is 0 Å². The normalized spacial score (nSPS) is 12.2. The van der Waals surface area contributed by atoms with Gasteiger partial charge in [-0.25, -0.2) is 4.98 Å². The summed E-state index contributed by atoms with van der Waals surface area (Å²) in [5, 5.41) is 13.7. The van der Waals surface area contributed by atoms with Crippen LogP contribution in [0.3, 0.4) is 0 Å². The predicted octanol–water partition coefficient (Wildman–Crippen LogP) is 3.84. The van der Waals surface area contributed by atoms with Crippen molar-refractivity contribution >= 4 is 44.9 Å². The number of tetrazole rings is 1. The van der Waals surface area contributed by atoms with Crippen LogP contribution >= 0.6 is 34.7 Å². The van der Waals surface area contributed by atoms with Crippen LogP contribution in [0.5, 0.6) is 0 Å². The van der Waals surface area contributed by atoms with Crippen LogP contribution < -0.4 is 0 Å². The lowest BCUT2D eigenvalue weighted by molar-refractivity contribution is 0.304. The number of hydrogen-bond donors (Lipinski definition) is 0. The molecule has 1 aromatic carbocycles.